The quantitative estimate of drug-likeness (QED) is 0.0214. The van der Waals surface area contributed by atoms with Crippen LogP contribution in [0.1, 0.15) is 175 Å². The minimum Gasteiger partial charge on any atom is -0.462 e. The first-order chi connectivity index (χ1) is 25.0. The van der Waals surface area contributed by atoms with Crippen molar-refractivity contribution in [1.82, 2.24) is 0 Å². The van der Waals surface area contributed by atoms with Gasteiger partial charge in [0.25, 0.3) is 0 Å². The van der Waals surface area contributed by atoms with E-state index in [1.54, 1.807) is 0 Å². The Kier molecular flexibility index (Phi) is 37.2. The molecule has 6 nitrogen and oxygen atoms in total. The number of hydrogen-bond acceptors (Lipinski definition) is 6. The van der Waals surface area contributed by atoms with Crippen LogP contribution in [0.4, 0.5) is 0 Å². The highest BCUT2D eigenvalue weighted by atomic mass is 16.6. The minimum atomic E-state index is -0.808. The average Bonchev–Trinajstić information content (AvgIpc) is 3.12. The van der Waals surface area contributed by atoms with Crippen LogP contribution in [0.2, 0.25) is 0 Å². The molecule has 290 valence electrons. The van der Waals surface area contributed by atoms with Crippen LogP contribution >= 0.6 is 0 Å². The van der Waals surface area contributed by atoms with Crippen LogP contribution in [0.25, 0.3) is 0 Å². The summed E-state index contributed by atoms with van der Waals surface area (Å²) in [5.41, 5.74) is 0. The molecule has 0 aromatic carbocycles. The van der Waals surface area contributed by atoms with Gasteiger partial charge in [-0.1, -0.05) is 145 Å². The first kappa shape index (κ1) is 47.8. The van der Waals surface area contributed by atoms with E-state index in [0.29, 0.717) is 12.8 Å². The predicted octanol–water partition coefficient (Wildman–Crippen LogP) is 12.7. The van der Waals surface area contributed by atoms with Crippen molar-refractivity contribution in [3.8, 4) is 0 Å². The van der Waals surface area contributed by atoms with E-state index in [-0.39, 0.29) is 44.0 Å². The predicted molar refractivity (Wildman–Crippen MR) is 214 cm³/mol. The third-order valence-electron chi connectivity index (χ3n) is 8.19. The molecule has 0 aliphatic carbocycles. The molecule has 0 aromatic rings. The van der Waals surface area contributed by atoms with Gasteiger partial charge >= 0.3 is 17.9 Å². The van der Waals surface area contributed by atoms with Gasteiger partial charge in [-0.3, -0.25) is 14.4 Å². The summed E-state index contributed by atoms with van der Waals surface area (Å²) < 4.78 is 16.5. The minimum absolute atomic E-state index is 0.108. The fraction of sp³-hybridized carbons (Fsp3) is 0.667. The van der Waals surface area contributed by atoms with E-state index in [1.165, 1.54) is 38.5 Å². The summed E-state index contributed by atoms with van der Waals surface area (Å²) >= 11 is 0. The molecule has 1 atom stereocenters. The molecule has 0 rings (SSSR count). The Balaban J connectivity index is 4.52. The summed E-state index contributed by atoms with van der Waals surface area (Å²) in [6.07, 6.45) is 47.5. The number of carbonyl (C=O) groups excluding carboxylic acids is 3. The van der Waals surface area contributed by atoms with Gasteiger partial charge in [0, 0.05) is 19.3 Å². The fourth-order valence-electron chi connectivity index (χ4n) is 5.07. The molecule has 0 saturated heterocycles. The number of carbonyl (C=O) groups is 3. The highest BCUT2D eigenvalue weighted by molar-refractivity contribution is 5.71. The molecule has 1 unspecified atom stereocenters. The number of ether oxygens (including phenoxy) is 3. The Morgan fingerprint density at radius 1 is 0.431 bits per heavy atom. The SMILES string of the molecule is CC/C=C\C/C=C\C/C=C\CCCC(=O)OCC(COC(=O)CCCCCCC/C=C\CCCC)OC(=O)CCCCC/C=C\C=C/CCCC. The zero-order chi connectivity index (χ0) is 37.3. The molecule has 0 aliphatic rings. The van der Waals surface area contributed by atoms with Gasteiger partial charge in [-0.15, -0.1) is 0 Å². The van der Waals surface area contributed by atoms with Gasteiger partial charge in [-0.25, -0.2) is 0 Å². The van der Waals surface area contributed by atoms with Gasteiger partial charge < -0.3 is 14.2 Å². The maximum Gasteiger partial charge on any atom is 0.306 e. The first-order valence-corrected chi connectivity index (χ1v) is 20.5. The summed E-state index contributed by atoms with van der Waals surface area (Å²) in [7, 11) is 0. The van der Waals surface area contributed by atoms with Gasteiger partial charge in [0.05, 0.1) is 0 Å². The van der Waals surface area contributed by atoms with Gasteiger partial charge in [0.15, 0.2) is 6.10 Å². The monoisotopic (exact) mass is 711 g/mol. The molecule has 0 saturated carbocycles. The van der Waals surface area contributed by atoms with Crippen LogP contribution in [0.15, 0.2) is 72.9 Å². The molecular weight excluding hydrogens is 636 g/mol. The summed E-state index contributed by atoms with van der Waals surface area (Å²) in [5, 5.41) is 0. The van der Waals surface area contributed by atoms with E-state index in [2.05, 4.69) is 93.7 Å². The summed E-state index contributed by atoms with van der Waals surface area (Å²) in [5.74, 6) is -1.01. The number of hydrogen-bond donors (Lipinski definition) is 0. The van der Waals surface area contributed by atoms with E-state index in [0.717, 1.165) is 89.9 Å². The molecular formula is C45H74O6. The molecule has 51 heavy (non-hydrogen) atoms. The maximum absolute atomic E-state index is 12.6. The smallest absolute Gasteiger partial charge is 0.306 e. The van der Waals surface area contributed by atoms with E-state index < -0.39 is 6.10 Å². The van der Waals surface area contributed by atoms with E-state index in [9.17, 15) is 14.4 Å². The molecule has 0 amide bonds. The van der Waals surface area contributed by atoms with Crippen molar-refractivity contribution in [2.45, 2.75) is 181 Å². The van der Waals surface area contributed by atoms with Crippen molar-refractivity contribution in [3.63, 3.8) is 0 Å². The second-order valence-electron chi connectivity index (χ2n) is 13.2. The van der Waals surface area contributed by atoms with Crippen LogP contribution in [0.5, 0.6) is 0 Å². The topological polar surface area (TPSA) is 78.9 Å². The lowest BCUT2D eigenvalue weighted by atomic mass is 10.1. The van der Waals surface area contributed by atoms with Crippen LogP contribution < -0.4 is 0 Å². The number of unbranched alkanes of at least 4 members (excludes halogenated alkanes) is 13. The third-order valence-corrected chi connectivity index (χ3v) is 8.19. The molecule has 0 fully saturated rings. The lowest BCUT2D eigenvalue weighted by Gasteiger charge is -2.18. The van der Waals surface area contributed by atoms with E-state index in [1.807, 2.05) is 0 Å². The Morgan fingerprint density at radius 3 is 1.45 bits per heavy atom. The van der Waals surface area contributed by atoms with Crippen molar-refractivity contribution in [2.24, 2.45) is 0 Å². The van der Waals surface area contributed by atoms with Crippen LogP contribution in [0, 0.1) is 0 Å². The molecule has 0 radical (unpaired) electrons. The molecule has 0 bridgehead atoms. The zero-order valence-corrected chi connectivity index (χ0v) is 32.8. The van der Waals surface area contributed by atoms with Gasteiger partial charge in [0.2, 0.25) is 0 Å². The van der Waals surface area contributed by atoms with Crippen molar-refractivity contribution >= 4 is 17.9 Å². The van der Waals surface area contributed by atoms with Gasteiger partial charge in [0.1, 0.15) is 13.2 Å². The Hall–Kier alpha value is -3.15. The standard InChI is InChI=1S/C45H74O6/c1-4-7-10-13-16-19-22-25-28-31-34-37-43(46)49-40-42(51-45(48)39-36-33-30-27-24-21-18-15-12-9-6-3)41-50-44(47)38-35-32-29-26-23-20-17-14-11-8-5-2/h7,10,14-19,21,24-25,28,42H,4-6,8-9,11-13,20,22-23,26-27,29-41H2,1-3H3/b10-7-,17-14-,18-15-,19-16-,24-21-,28-25-. The Morgan fingerprint density at radius 2 is 0.843 bits per heavy atom. The highest BCUT2D eigenvalue weighted by Crippen LogP contribution is 2.11. The summed E-state index contributed by atoms with van der Waals surface area (Å²) in [6.45, 7) is 6.31. The molecule has 0 aliphatic heterocycles. The van der Waals surface area contributed by atoms with Crippen molar-refractivity contribution < 1.29 is 28.6 Å². The first-order valence-electron chi connectivity index (χ1n) is 20.5. The Labute approximate surface area is 312 Å². The average molecular weight is 711 g/mol. The second-order valence-corrected chi connectivity index (χ2v) is 13.2. The van der Waals surface area contributed by atoms with E-state index >= 15 is 0 Å². The third kappa shape index (κ3) is 37.9. The van der Waals surface area contributed by atoms with Crippen molar-refractivity contribution in [3.05, 3.63) is 72.9 Å². The summed E-state index contributed by atoms with van der Waals surface area (Å²) in [4.78, 5) is 37.5. The number of esters is 3. The van der Waals surface area contributed by atoms with Gasteiger partial charge in [-0.2, -0.15) is 0 Å². The lowest BCUT2D eigenvalue weighted by molar-refractivity contribution is -0.167. The highest BCUT2D eigenvalue weighted by Gasteiger charge is 2.19. The summed E-state index contributed by atoms with van der Waals surface area (Å²) in [6, 6.07) is 0. The number of rotatable bonds is 35. The zero-order valence-electron chi connectivity index (χ0n) is 32.8. The van der Waals surface area contributed by atoms with E-state index in [4.69, 9.17) is 14.2 Å². The van der Waals surface area contributed by atoms with Crippen LogP contribution in [0.3, 0.4) is 0 Å². The van der Waals surface area contributed by atoms with Crippen LogP contribution in [-0.2, 0) is 28.6 Å². The largest absolute Gasteiger partial charge is 0.462 e. The van der Waals surface area contributed by atoms with Gasteiger partial charge in [-0.05, 0) is 83.5 Å². The van der Waals surface area contributed by atoms with Crippen molar-refractivity contribution in [1.29, 1.82) is 0 Å². The molecule has 0 heterocycles. The number of allylic oxidation sites excluding steroid dienone is 12. The van der Waals surface area contributed by atoms with Crippen molar-refractivity contribution in [2.75, 3.05) is 13.2 Å². The van der Waals surface area contributed by atoms with Crippen LogP contribution in [-0.4, -0.2) is 37.2 Å². The molecule has 0 N–H and O–H groups in total. The molecule has 0 aromatic heterocycles. The second kappa shape index (κ2) is 39.6. The molecule has 6 heteroatoms. The normalized spacial score (nSPS) is 12.8. The Bertz CT molecular complexity index is 1000. The lowest BCUT2D eigenvalue weighted by Crippen LogP contribution is -2.30. The maximum atomic E-state index is 12.6. The molecule has 0 spiro atoms. The fourth-order valence-corrected chi connectivity index (χ4v) is 5.07.